The molecule has 6 heteroatoms. The second kappa shape index (κ2) is 8.83. The molecular formula is C17H29ClN4O. The number of rotatable bonds is 6. The third kappa shape index (κ3) is 5.05. The van der Waals surface area contributed by atoms with Crippen LogP contribution >= 0.6 is 12.4 Å². The number of nitrogens with zero attached hydrogens (tertiary/aromatic N) is 3. The average molecular weight is 341 g/mol. The van der Waals surface area contributed by atoms with Crippen molar-refractivity contribution < 1.29 is 4.74 Å². The van der Waals surface area contributed by atoms with Crippen molar-refractivity contribution in [2.24, 2.45) is 0 Å². The van der Waals surface area contributed by atoms with E-state index in [4.69, 9.17) is 4.74 Å². The summed E-state index contributed by atoms with van der Waals surface area (Å²) in [6, 6.07) is 5.78. The van der Waals surface area contributed by atoms with Gasteiger partial charge >= 0.3 is 0 Å². The Kier molecular flexibility index (Phi) is 7.09. The van der Waals surface area contributed by atoms with Crippen LogP contribution in [0.1, 0.15) is 24.8 Å². The van der Waals surface area contributed by atoms with Crippen molar-refractivity contribution >= 4 is 18.2 Å². The van der Waals surface area contributed by atoms with Gasteiger partial charge in [-0.25, -0.2) is 4.98 Å². The largest absolute Gasteiger partial charge is 0.383 e. The molecular weight excluding hydrogens is 312 g/mol. The number of hydrogen-bond acceptors (Lipinski definition) is 5. The molecule has 0 aliphatic carbocycles. The van der Waals surface area contributed by atoms with Crippen LogP contribution in [-0.4, -0.2) is 62.4 Å². The van der Waals surface area contributed by atoms with Gasteiger partial charge in [-0.15, -0.1) is 12.4 Å². The summed E-state index contributed by atoms with van der Waals surface area (Å²) in [5, 5.41) is 3.74. The van der Waals surface area contributed by atoms with E-state index in [0.717, 1.165) is 31.6 Å². The van der Waals surface area contributed by atoms with E-state index in [0.29, 0.717) is 6.04 Å². The summed E-state index contributed by atoms with van der Waals surface area (Å²) in [6.45, 7) is 4.97. The smallest absolute Gasteiger partial charge is 0.128 e. The number of likely N-dealkylation sites (N-methyl/N-ethyl adjacent to an activating group) is 1. The van der Waals surface area contributed by atoms with Crippen molar-refractivity contribution in [3.63, 3.8) is 0 Å². The number of aromatic nitrogens is 1. The summed E-state index contributed by atoms with van der Waals surface area (Å²) in [7, 11) is 3.78. The summed E-state index contributed by atoms with van der Waals surface area (Å²) in [5.74, 6) is 1.01. The maximum absolute atomic E-state index is 5.11. The maximum Gasteiger partial charge on any atom is 0.128 e. The molecule has 1 N–H and O–H groups in total. The predicted molar refractivity (Wildman–Crippen MR) is 96.5 cm³/mol. The summed E-state index contributed by atoms with van der Waals surface area (Å²) in [5.41, 5.74) is 1.31. The van der Waals surface area contributed by atoms with E-state index in [9.17, 15) is 0 Å². The number of nitrogens with one attached hydrogen (secondary N) is 1. The first kappa shape index (κ1) is 18.5. The average Bonchev–Trinajstić information content (AvgIpc) is 2.88. The second-order valence-corrected chi connectivity index (χ2v) is 6.60. The Bertz CT molecular complexity index is 470. The molecule has 2 saturated heterocycles. The summed E-state index contributed by atoms with van der Waals surface area (Å²) in [4.78, 5) is 9.30. The van der Waals surface area contributed by atoms with Crippen LogP contribution in [0.3, 0.4) is 0 Å². The Labute approximate surface area is 145 Å². The van der Waals surface area contributed by atoms with Crippen LogP contribution in [0, 0.1) is 0 Å². The Balaban J connectivity index is 0.00000192. The van der Waals surface area contributed by atoms with Crippen LogP contribution in [0.4, 0.5) is 5.82 Å². The lowest BCUT2D eigenvalue weighted by Gasteiger charge is -2.24. The van der Waals surface area contributed by atoms with E-state index < -0.39 is 0 Å². The Hall–Kier alpha value is -0.880. The monoisotopic (exact) mass is 340 g/mol. The molecule has 0 radical (unpaired) electrons. The number of fused-ring (bicyclic) bond motifs is 2. The van der Waals surface area contributed by atoms with E-state index in [2.05, 4.69) is 39.3 Å². The highest BCUT2D eigenvalue weighted by molar-refractivity contribution is 5.85. The van der Waals surface area contributed by atoms with Crippen molar-refractivity contribution in [2.45, 2.75) is 37.9 Å². The van der Waals surface area contributed by atoms with Gasteiger partial charge in [0.05, 0.1) is 6.61 Å². The number of halogens is 1. The third-order valence-corrected chi connectivity index (χ3v) is 4.84. The normalized spacial score (nSPS) is 24.1. The minimum absolute atomic E-state index is 0. The molecule has 3 heterocycles. The Morgan fingerprint density at radius 1 is 1.30 bits per heavy atom. The highest BCUT2D eigenvalue weighted by Gasteiger charge is 2.29. The van der Waals surface area contributed by atoms with E-state index in [1.54, 1.807) is 7.11 Å². The first-order chi connectivity index (χ1) is 10.7. The molecule has 130 valence electrons. The lowest BCUT2D eigenvalue weighted by atomic mass is 10.1. The molecule has 2 unspecified atom stereocenters. The van der Waals surface area contributed by atoms with Crippen LogP contribution in [0.15, 0.2) is 18.3 Å². The predicted octanol–water partition coefficient (Wildman–Crippen LogP) is 1.91. The van der Waals surface area contributed by atoms with E-state index in [1.807, 2.05) is 6.20 Å². The van der Waals surface area contributed by atoms with Crippen LogP contribution < -0.4 is 10.2 Å². The number of ether oxygens (including phenoxy) is 1. The topological polar surface area (TPSA) is 40.6 Å². The fraction of sp³-hybridized carbons (Fsp3) is 0.706. The summed E-state index contributed by atoms with van der Waals surface area (Å²) in [6.07, 6.45) is 6.00. The summed E-state index contributed by atoms with van der Waals surface area (Å²) >= 11 is 0. The van der Waals surface area contributed by atoms with Crippen molar-refractivity contribution in [1.82, 2.24) is 15.2 Å². The Morgan fingerprint density at radius 3 is 2.87 bits per heavy atom. The SMILES string of the molecule is COCCN(C)c1ccc(CN2CCC3CCC(C2)N3)cn1.Cl. The lowest BCUT2D eigenvalue weighted by molar-refractivity contribution is 0.206. The van der Waals surface area contributed by atoms with E-state index >= 15 is 0 Å². The van der Waals surface area contributed by atoms with Gasteiger partial charge in [-0.3, -0.25) is 4.90 Å². The molecule has 0 amide bonds. The van der Waals surface area contributed by atoms with Gasteiger partial charge in [0.25, 0.3) is 0 Å². The number of likely N-dealkylation sites (tertiary alicyclic amines) is 1. The highest BCUT2D eigenvalue weighted by Crippen LogP contribution is 2.21. The summed E-state index contributed by atoms with van der Waals surface area (Å²) < 4.78 is 5.11. The highest BCUT2D eigenvalue weighted by atomic mass is 35.5. The minimum Gasteiger partial charge on any atom is -0.383 e. The first-order valence-corrected chi connectivity index (χ1v) is 8.38. The van der Waals surface area contributed by atoms with Gasteiger partial charge in [-0.2, -0.15) is 0 Å². The standard InChI is InChI=1S/C17H28N4O.ClH/c1-20(9-10-22-2)17-6-3-14(11-18-17)12-21-8-7-15-4-5-16(13-21)19-15;/h3,6,11,15-16,19H,4-5,7-10,12-13H2,1-2H3;1H. The molecule has 2 bridgehead atoms. The van der Waals surface area contributed by atoms with Gasteiger partial charge in [0, 0.05) is 58.6 Å². The van der Waals surface area contributed by atoms with Gasteiger partial charge in [-0.1, -0.05) is 6.07 Å². The fourth-order valence-electron chi connectivity index (χ4n) is 3.50. The molecule has 1 aromatic rings. The van der Waals surface area contributed by atoms with Gasteiger partial charge in [0.15, 0.2) is 0 Å². The van der Waals surface area contributed by atoms with Gasteiger partial charge < -0.3 is 15.0 Å². The molecule has 0 saturated carbocycles. The second-order valence-electron chi connectivity index (χ2n) is 6.60. The Morgan fingerprint density at radius 2 is 2.13 bits per heavy atom. The number of anilines is 1. The first-order valence-electron chi connectivity index (χ1n) is 8.38. The maximum atomic E-state index is 5.11. The number of pyridine rings is 1. The van der Waals surface area contributed by atoms with Crippen molar-refractivity contribution in [3.05, 3.63) is 23.9 Å². The molecule has 2 atom stereocenters. The lowest BCUT2D eigenvalue weighted by Crippen LogP contribution is -2.35. The molecule has 3 rings (SSSR count). The third-order valence-electron chi connectivity index (χ3n) is 4.84. The van der Waals surface area contributed by atoms with Gasteiger partial charge in [0.2, 0.25) is 0 Å². The zero-order chi connectivity index (χ0) is 15.4. The molecule has 23 heavy (non-hydrogen) atoms. The minimum atomic E-state index is 0. The molecule has 0 aromatic carbocycles. The molecule has 2 fully saturated rings. The van der Waals surface area contributed by atoms with Gasteiger partial charge in [0.1, 0.15) is 5.82 Å². The molecule has 0 spiro atoms. The molecule has 2 aliphatic heterocycles. The van der Waals surface area contributed by atoms with E-state index in [1.165, 1.54) is 37.9 Å². The molecule has 5 nitrogen and oxygen atoms in total. The van der Waals surface area contributed by atoms with Gasteiger partial charge in [-0.05, 0) is 30.9 Å². The quantitative estimate of drug-likeness (QED) is 0.856. The van der Waals surface area contributed by atoms with Crippen molar-refractivity contribution in [2.75, 3.05) is 45.3 Å². The van der Waals surface area contributed by atoms with Crippen molar-refractivity contribution in [3.8, 4) is 0 Å². The number of methoxy groups -OCH3 is 1. The van der Waals surface area contributed by atoms with E-state index in [-0.39, 0.29) is 12.4 Å². The fourth-order valence-corrected chi connectivity index (χ4v) is 3.50. The molecule has 1 aromatic heterocycles. The molecule has 2 aliphatic rings. The van der Waals surface area contributed by atoms with Crippen LogP contribution in [0.25, 0.3) is 0 Å². The van der Waals surface area contributed by atoms with Crippen LogP contribution in [0.5, 0.6) is 0 Å². The van der Waals surface area contributed by atoms with Crippen LogP contribution in [-0.2, 0) is 11.3 Å². The van der Waals surface area contributed by atoms with Crippen molar-refractivity contribution in [1.29, 1.82) is 0 Å². The zero-order valence-corrected chi connectivity index (χ0v) is 15.0. The van der Waals surface area contributed by atoms with Crippen LogP contribution in [0.2, 0.25) is 0 Å². The number of hydrogen-bond donors (Lipinski definition) is 1. The zero-order valence-electron chi connectivity index (χ0n) is 14.2.